The van der Waals surface area contributed by atoms with Crippen LogP contribution in [-0.4, -0.2) is 34.2 Å². The van der Waals surface area contributed by atoms with Gasteiger partial charge in [0.1, 0.15) is 0 Å². The van der Waals surface area contributed by atoms with Crippen molar-refractivity contribution in [1.82, 2.24) is 0 Å². The fraction of sp³-hybridized carbons (Fsp3) is 0.278. The average Bonchev–Trinajstić information content (AvgIpc) is 2.59. The van der Waals surface area contributed by atoms with Gasteiger partial charge in [0, 0.05) is 24.8 Å². The van der Waals surface area contributed by atoms with Gasteiger partial charge in [0.2, 0.25) is 10.0 Å². The van der Waals surface area contributed by atoms with E-state index in [0.29, 0.717) is 17.8 Å². The first-order valence-corrected chi connectivity index (χ1v) is 9.66. The molecule has 0 atom stereocenters. The standard InChI is InChI=1S/C18H20N2O3S/c1-19(24(2,22)23)16-11-9-15(10-12-16)18(21)20-13-5-7-14-6-3-4-8-17(14)20/h3-4,6,8-12H,5,7,13H2,1-2H3. The van der Waals surface area contributed by atoms with Gasteiger partial charge in [0.05, 0.1) is 11.9 Å². The number of para-hydroxylation sites is 1. The van der Waals surface area contributed by atoms with Crippen molar-refractivity contribution in [3.8, 4) is 0 Å². The van der Waals surface area contributed by atoms with Crippen LogP contribution in [0.2, 0.25) is 0 Å². The predicted octanol–water partition coefficient (Wildman–Crippen LogP) is 2.68. The highest BCUT2D eigenvalue weighted by Gasteiger charge is 2.23. The third kappa shape index (κ3) is 3.14. The SMILES string of the molecule is CN(c1ccc(C(=O)N2CCCc3ccccc32)cc1)S(C)(=O)=O. The molecular formula is C18H20N2O3S. The third-order valence-electron chi connectivity index (χ3n) is 4.33. The second kappa shape index (κ2) is 6.28. The number of aryl methyl sites for hydroxylation is 1. The molecule has 0 saturated carbocycles. The first-order valence-electron chi connectivity index (χ1n) is 7.81. The number of hydrogen-bond donors (Lipinski definition) is 0. The molecule has 1 aliphatic heterocycles. The molecule has 0 aromatic heterocycles. The molecule has 0 radical (unpaired) electrons. The Bertz CT molecular complexity index is 860. The second-order valence-corrected chi connectivity index (χ2v) is 7.98. The molecule has 24 heavy (non-hydrogen) atoms. The number of carbonyl (C=O) groups is 1. The quantitative estimate of drug-likeness (QED) is 0.860. The summed E-state index contributed by atoms with van der Waals surface area (Å²) in [7, 11) is -1.82. The summed E-state index contributed by atoms with van der Waals surface area (Å²) < 4.78 is 24.4. The van der Waals surface area contributed by atoms with Crippen LogP contribution in [0.4, 0.5) is 11.4 Å². The Morgan fingerprint density at radius 2 is 1.75 bits per heavy atom. The van der Waals surface area contributed by atoms with Crippen molar-refractivity contribution in [3.05, 3.63) is 59.7 Å². The minimum Gasteiger partial charge on any atom is -0.308 e. The van der Waals surface area contributed by atoms with Crippen molar-refractivity contribution in [2.45, 2.75) is 12.8 Å². The van der Waals surface area contributed by atoms with Crippen molar-refractivity contribution in [3.63, 3.8) is 0 Å². The summed E-state index contributed by atoms with van der Waals surface area (Å²) in [5.41, 5.74) is 3.24. The lowest BCUT2D eigenvalue weighted by Crippen LogP contribution is -2.35. The van der Waals surface area contributed by atoms with Gasteiger partial charge in [0.25, 0.3) is 5.91 Å². The Morgan fingerprint density at radius 3 is 2.42 bits per heavy atom. The summed E-state index contributed by atoms with van der Waals surface area (Å²) in [4.78, 5) is 14.6. The maximum atomic E-state index is 12.8. The summed E-state index contributed by atoms with van der Waals surface area (Å²) in [6.45, 7) is 0.695. The zero-order valence-corrected chi connectivity index (χ0v) is 14.6. The van der Waals surface area contributed by atoms with Gasteiger partial charge in [-0.05, 0) is 48.7 Å². The van der Waals surface area contributed by atoms with E-state index >= 15 is 0 Å². The molecule has 6 heteroatoms. The number of fused-ring (bicyclic) bond motifs is 1. The molecular weight excluding hydrogens is 324 g/mol. The summed E-state index contributed by atoms with van der Waals surface area (Å²) >= 11 is 0. The Kier molecular flexibility index (Phi) is 4.32. The molecule has 5 nitrogen and oxygen atoms in total. The summed E-state index contributed by atoms with van der Waals surface area (Å²) in [5.74, 6) is -0.0595. The fourth-order valence-corrected chi connectivity index (χ4v) is 3.41. The molecule has 1 amide bonds. The number of amides is 1. The van der Waals surface area contributed by atoms with Crippen LogP contribution in [0.15, 0.2) is 48.5 Å². The van der Waals surface area contributed by atoms with E-state index in [0.717, 1.165) is 24.8 Å². The minimum atomic E-state index is -3.31. The maximum Gasteiger partial charge on any atom is 0.258 e. The lowest BCUT2D eigenvalue weighted by atomic mass is 10.0. The van der Waals surface area contributed by atoms with Crippen LogP contribution in [0.3, 0.4) is 0 Å². The molecule has 2 aromatic rings. The zero-order valence-electron chi connectivity index (χ0n) is 13.8. The van der Waals surface area contributed by atoms with Crippen molar-refractivity contribution in [1.29, 1.82) is 0 Å². The van der Waals surface area contributed by atoms with Crippen molar-refractivity contribution in [2.75, 3.05) is 29.1 Å². The maximum absolute atomic E-state index is 12.8. The average molecular weight is 344 g/mol. The monoisotopic (exact) mass is 344 g/mol. The smallest absolute Gasteiger partial charge is 0.258 e. The molecule has 126 valence electrons. The molecule has 0 aliphatic carbocycles. The molecule has 1 aliphatic rings. The molecule has 0 bridgehead atoms. The van der Waals surface area contributed by atoms with E-state index < -0.39 is 10.0 Å². The number of benzene rings is 2. The molecule has 0 unspecified atom stereocenters. The predicted molar refractivity (Wildman–Crippen MR) is 96.1 cm³/mol. The highest BCUT2D eigenvalue weighted by Crippen LogP contribution is 2.28. The minimum absolute atomic E-state index is 0.0595. The number of nitrogens with zero attached hydrogens (tertiary/aromatic N) is 2. The lowest BCUT2D eigenvalue weighted by molar-refractivity contribution is 0.0985. The Labute approximate surface area is 142 Å². The summed E-state index contributed by atoms with van der Waals surface area (Å²) in [5, 5.41) is 0. The van der Waals surface area contributed by atoms with Crippen molar-refractivity contribution < 1.29 is 13.2 Å². The van der Waals surface area contributed by atoms with Gasteiger partial charge in [0.15, 0.2) is 0 Å². The van der Waals surface area contributed by atoms with Gasteiger partial charge in [-0.3, -0.25) is 9.10 Å². The third-order valence-corrected chi connectivity index (χ3v) is 5.54. The molecule has 0 N–H and O–H groups in total. The number of carbonyl (C=O) groups excluding carboxylic acids is 1. The van der Waals surface area contributed by atoms with E-state index in [1.165, 1.54) is 16.9 Å². The molecule has 0 saturated heterocycles. The van der Waals surface area contributed by atoms with Gasteiger partial charge in [-0.1, -0.05) is 18.2 Å². The highest BCUT2D eigenvalue weighted by atomic mass is 32.2. The second-order valence-electron chi connectivity index (χ2n) is 5.97. The number of hydrogen-bond acceptors (Lipinski definition) is 3. The van der Waals surface area contributed by atoms with Gasteiger partial charge >= 0.3 is 0 Å². The van der Waals surface area contributed by atoms with Crippen molar-refractivity contribution >= 4 is 27.3 Å². The zero-order chi connectivity index (χ0) is 17.3. The number of rotatable bonds is 3. The highest BCUT2D eigenvalue weighted by molar-refractivity contribution is 7.92. The first-order chi connectivity index (χ1) is 11.4. The summed E-state index contributed by atoms with van der Waals surface area (Å²) in [6, 6.07) is 14.6. The largest absolute Gasteiger partial charge is 0.308 e. The normalized spacial score (nSPS) is 14.2. The molecule has 1 heterocycles. The lowest BCUT2D eigenvalue weighted by Gasteiger charge is -2.29. The van der Waals surface area contributed by atoms with Crippen LogP contribution >= 0.6 is 0 Å². The topological polar surface area (TPSA) is 57.7 Å². The van der Waals surface area contributed by atoms with Crippen LogP contribution in [0, 0.1) is 0 Å². The van der Waals surface area contributed by atoms with Gasteiger partial charge < -0.3 is 4.90 Å². The first kappa shape index (κ1) is 16.5. The molecule has 0 fully saturated rings. The molecule has 3 rings (SSSR count). The number of sulfonamides is 1. The van der Waals surface area contributed by atoms with E-state index in [4.69, 9.17) is 0 Å². The van der Waals surface area contributed by atoms with Crippen LogP contribution in [0.1, 0.15) is 22.3 Å². The fourth-order valence-electron chi connectivity index (χ4n) is 2.91. The Hall–Kier alpha value is -2.34. The summed E-state index contributed by atoms with van der Waals surface area (Å²) in [6.07, 6.45) is 3.08. The van der Waals surface area contributed by atoms with Gasteiger partial charge in [-0.15, -0.1) is 0 Å². The van der Waals surface area contributed by atoms with Gasteiger partial charge in [-0.25, -0.2) is 8.42 Å². The van der Waals surface area contributed by atoms with E-state index in [1.54, 1.807) is 29.2 Å². The van der Waals surface area contributed by atoms with Crippen LogP contribution in [0.25, 0.3) is 0 Å². The van der Waals surface area contributed by atoms with Crippen LogP contribution in [0.5, 0.6) is 0 Å². The Morgan fingerprint density at radius 1 is 1.08 bits per heavy atom. The van der Waals surface area contributed by atoms with E-state index in [-0.39, 0.29) is 5.91 Å². The number of anilines is 2. The Balaban J connectivity index is 1.87. The van der Waals surface area contributed by atoms with Crippen LogP contribution < -0.4 is 9.21 Å². The molecule has 0 spiro atoms. The van der Waals surface area contributed by atoms with Crippen molar-refractivity contribution in [2.24, 2.45) is 0 Å². The van der Waals surface area contributed by atoms with E-state index in [2.05, 4.69) is 6.07 Å². The van der Waals surface area contributed by atoms with E-state index in [9.17, 15) is 13.2 Å². The van der Waals surface area contributed by atoms with Gasteiger partial charge in [-0.2, -0.15) is 0 Å². The van der Waals surface area contributed by atoms with Crippen LogP contribution in [-0.2, 0) is 16.4 Å². The van der Waals surface area contributed by atoms with E-state index in [1.807, 2.05) is 18.2 Å². The molecule has 2 aromatic carbocycles.